The van der Waals surface area contributed by atoms with Crippen molar-refractivity contribution in [2.24, 2.45) is 0 Å². The van der Waals surface area contributed by atoms with Gasteiger partial charge >= 0.3 is 5.97 Å². The van der Waals surface area contributed by atoms with Crippen LogP contribution in [0.3, 0.4) is 0 Å². The van der Waals surface area contributed by atoms with E-state index in [4.69, 9.17) is 14.7 Å². The van der Waals surface area contributed by atoms with E-state index in [9.17, 15) is 4.79 Å². The van der Waals surface area contributed by atoms with E-state index in [1.807, 2.05) is 42.5 Å². The van der Waals surface area contributed by atoms with Gasteiger partial charge in [-0.3, -0.25) is 0 Å². The lowest BCUT2D eigenvalue weighted by molar-refractivity contribution is 0.0600. The van der Waals surface area contributed by atoms with Gasteiger partial charge in [-0.05, 0) is 48.0 Å². The molecule has 0 fully saturated rings. The molecule has 2 aromatic heterocycles. The molecule has 0 aliphatic heterocycles. The van der Waals surface area contributed by atoms with Gasteiger partial charge in [0.2, 0.25) is 0 Å². The maximum Gasteiger partial charge on any atom is 0.337 e. The highest BCUT2D eigenvalue weighted by atomic mass is 79.9. The highest BCUT2D eigenvalue weighted by molar-refractivity contribution is 9.10. The zero-order valence-corrected chi connectivity index (χ0v) is 17.2. The van der Waals surface area contributed by atoms with Crippen molar-refractivity contribution in [2.45, 2.75) is 6.54 Å². The molecule has 0 amide bonds. The van der Waals surface area contributed by atoms with Crippen LogP contribution < -0.4 is 0 Å². The molecule has 2 heterocycles. The maximum absolute atomic E-state index is 11.7. The standard InChI is InChI=1S/C23H16BrN3O2/c1-29-23(28)15-8-6-14(7-9-15)13-27-20-11-10-16(24)12-17(20)21-22(27)26-19-5-3-2-4-18(19)25-21/h2-12H,13H2,1H3. The Morgan fingerprint density at radius 2 is 1.72 bits per heavy atom. The van der Waals surface area contributed by atoms with Gasteiger partial charge < -0.3 is 9.30 Å². The van der Waals surface area contributed by atoms with E-state index in [1.54, 1.807) is 12.1 Å². The Kier molecular flexibility index (Phi) is 4.28. The fourth-order valence-electron chi connectivity index (χ4n) is 3.61. The van der Waals surface area contributed by atoms with Gasteiger partial charge in [-0.1, -0.05) is 40.2 Å². The molecule has 0 atom stereocenters. The number of fused-ring (bicyclic) bond motifs is 4. The van der Waals surface area contributed by atoms with Crippen molar-refractivity contribution in [2.75, 3.05) is 7.11 Å². The monoisotopic (exact) mass is 445 g/mol. The molecule has 0 aliphatic rings. The molecular formula is C23H16BrN3O2. The first kappa shape index (κ1) is 17.8. The number of esters is 1. The Hall–Kier alpha value is -3.25. The number of carbonyl (C=O) groups is 1. The van der Waals surface area contributed by atoms with Gasteiger partial charge in [-0.25, -0.2) is 14.8 Å². The molecule has 5 aromatic rings. The molecule has 0 spiro atoms. The van der Waals surface area contributed by atoms with Gasteiger partial charge in [-0.2, -0.15) is 0 Å². The number of benzene rings is 3. The number of methoxy groups -OCH3 is 1. The Morgan fingerprint density at radius 3 is 2.45 bits per heavy atom. The predicted octanol–water partition coefficient (Wildman–Crippen LogP) is 5.34. The molecule has 29 heavy (non-hydrogen) atoms. The van der Waals surface area contributed by atoms with Gasteiger partial charge in [0, 0.05) is 16.4 Å². The van der Waals surface area contributed by atoms with Crippen LogP contribution >= 0.6 is 15.9 Å². The summed E-state index contributed by atoms with van der Waals surface area (Å²) < 4.78 is 7.95. The Labute approximate surface area is 175 Å². The lowest BCUT2D eigenvalue weighted by Crippen LogP contribution is -2.03. The summed E-state index contributed by atoms with van der Waals surface area (Å²) in [5, 5.41) is 1.05. The van der Waals surface area contributed by atoms with E-state index in [1.165, 1.54) is 7.11 Å². The van der Waals surface area contributed by atoms with Crippen molar-refractivity contribution in [1.29, 1.82) is 0 Å². The number of aromatic nitrogens is 3. The highest BCUT2D eigenvalue weighted by Crippen LogP contribution is 2.31. The minimum atomic E-state index is -0.337. The molecule has 5 rings (SSSR count). The van der Waals surface area contributed by atoms with Crippen molar-refractivity contribution < 1.29 is 9.53 Å². The van der Waals surface area contributed by atoms with E-state index in [-0.39, 0.29) is 5.97 Å². The zero-order valence-electron chi connectivity index (χ0n) is 15.6. The summed E-state index contributed by atoms with van der Waals surface area (Å²) in [7, 11) is 1.38. The van der Waals surface area contributed by atoms with Crippen molar-refractivity contribution >= 4 is 55.0 Å². The largest absolute Gasteiger partial charge is 0.465 e. The number of rotatable bonds is 3. The molecule has 0 N–H and O–H groups in total. The SMILES string of the molecule is COC(=O)c1ccc(Cn2c3ccc(Br)cc3c3nc4ccccc4nc32)cc1. The second-order valence-corrected chi connectivity index (χ2v) is 7.74. The van der Waals surface area contributed by atoms with Crippen LogP contribution in [-0.2, 0) is 11.3 Å². The van der Waals surface area contributed by atoms with Crippen molar-refractivity contribution in [3.8, 4) is 0 Å². The Bertz CT molecular complexity index is 1390. The number of hydrogen-bond donors (Lipinski definition) is 0. The van der Waals surface area contributed by atoms with E-state index in [0.29, 0.717) is 12.1 Å². The van der Waals surface area contributed by atoms with Crippen LogP contribution in [0.25, 0.3) is 33.1 Å². The highest BCUT2D eigenvalue weighted by Gasteiger charge is 2.15. The number of halogens is 1. The fraction of sp³-hybridized carbons (Fsp3) is 0.0870. The number of ether oxygens (including phenoxy) is 1. The third-order valence-corrected chi connectivity index (χ3v) is 5.52. The summed E-state index contributed by atoms with van der Waals surface area (Å²) in [6, 6.07) is 21.5. The Balaban J connectivity index is 1.70. The van der Waals surface area contributed by atoms with Crippen LogP contribution in [0.1, 0.15) is 15.9 Å². The number of hydrogen-bond acceptors (Lipinski definition) is 4. The summed E-state index contributed by atoms with van der Waals surface area (Å²) >= 11 is 3.57. The number of nitrogens with zero attached hydrogens (tertiary/aromatic N) is 3. The first-order valence-electron chi connectivity index (χ1n) is 9.15. The summed E-state index contributed by atoms with van der Waals surface area (Å²) in [5.41, 5.74) is 6.13. The average molecular weight is 446 g/mol. The minimum absolute atomic E-state index is 0.337. The summed E-state index contributed by atoms with van der Waals surface area (Å²) in [6.07, 6.45) is 0. The molecule has 5 nitrogen and oxygen atoms in total. The molecule has 3 aromatic carbocycles. The molecule has 0 saturated carbocycles. The van der Waals surface area contributed by atoms with E-state index in [0.717, 1.165) is 43.1 Å². The van der Waals surface area contributed by atoms with E-state index >= 15 is 0 Å². The van der Waals surface area contributed by atoms with Crippen molar-refractivity contribution in [1.82, 2.24) is 14.5 Å². The first-order valence-corrected chi connectivity index (χ1v) is 9.95. The summed E-state index contributed by atoms with van der Waals surface area (Å²) in [4.78, 5) is 21.5. The van der Waals surface area contributed by atoms with Gasteiger partial charge in [0.25, 0.3) is 0 Å². The zero-order chi connectivity index (χ0) is 20.0. The molecule has 0 bridgehead atoms. The second-order valence-electron chi connectivity index (χ2n) is 6.82. The quantitative estimate of drug-likeness (QED) is 0.352. The number of para-hydroxylation sites is 2. The van der Waals surface area contributed by atoms with E-state index < -0.39 is 0 Å². The van der Waals surface area contributed by atoms with Gasteiger partial charge in [0.1, 0.15) is 5.52 Å². The lowest BCUT2D eigenvalue weighted by atomic mass is 10.1. The molecule has 142 valence electrons. The van der Waals surface area contributed by atoms with Gasteiger partial charge in [0.05, 0.1) is 29.2 Å². The topological polar surface area (TPSA) is 57.0 Å². The number of carbonyl (C=O) groups excluding carboxylic acids is 1. The summed E-state index contributed by atoms with van der Waals surface area (Å²) in [6.45, 7) is 0.621. The molecule has 0 aliphatic carbocycles. The molecule has 0 radical (unpaired) electrons. The molecule has 6 heteroatoms. The van der Waals surface area contributed by atoms with Crippen molar-refractivity contribution in [3.63, 3.8) is 0 Å². The maximum atomic E-state index is 11.7. The van der Waals surface area contributed by atoms with Crippen LogP contribution in [0.15, 0.2) is 71.2 Å². The third kappa shape index (κ3) is 3.06. The Morgan fingerprint density at radius 1 is 1.00 bits per heavy atom. The molecule has 0 unspecified atom stereocenters. The second kappa shape index (κ2) is 6.97. The normalized spacial score (nSPS) is 11.4. The van der Waals surface area contributed by atoms with Crippen LogP contribution in [-0.4, -0.2) is 27.6 Å². The van der Waals surface area contributed by atoms with Crippen LogP contribution in [0.5, 0.6) is 0 Å². The lowest BCUT2D eigenvalue weighted by Gasteiger charge is -2.08. The minimum Gasteiger partial charge on any atom is -0.465 e. The van der Waals surface area contributed by atoms with Crippen LogP contribution in [0, 0.1) is 0 Å². The first-order chi connectivity index (χ1) is 14.1. The van der Waals surface area contributed by atoms with Gasteiger partial charge in [-0.15, -0.1) is 0 Å². The average Bonchev–Trinajstić information content (AvgIpc) is 3.04. The van der Waals surface area contributed by atoms with E-state index in [2.05, 4.69) is 32.6 Å². The predicted molar refractivity (Wildman–Crippen MR) is 117 cm³/mol. The smallest absolute Gasteiger partial charge is 0.337 e. The van der Waals surface area contributed by atoms with Gasteiger partial charge in [0.15, 0.2) is 5.65 Å². The summed E-state index contributed by atoms with van der Waals surface area (Å²) in [5.74, 6) is -0.337. The fourth-order valence-corrected chi connectivity index (χ4v) is 3.97. The molecular weight excluding hydrogens is 430 g/mol. The van der Waals surface area contributed by atoms with Crippen LogP contribution in [0.2, 0.25) is 0 Å². The third-order valence-electron chi connectivity index (χ3n) is 5.03. The van der Waals surface area contributed by atoms with Crippen molar-refractivity contribution in [3.05, 3.63) is 82.3 Å². The van der Waals surface area contributed by atoms with Crippen LogP contribution in [0.4, 0.5) is 0 Å². The molecule has 0 saturated heterocycles.